The van der Waals surface area contributed by atoms with Crippen LogP contribution in [-0.4, -0.2) is 11.1 Å². The second-order valence-corrected chi connectivity index (χ2v) is 3.50. The van der Waals surface area contributed by atoms with Crippen molar-refractivity contribution in [3.8, 4) is 6.07 Å². The van der Waals surface area contributed by atoms with E-state index in [4.69, 9.17) is 10.4 Å². The summed E-state index contributed by atoms with van der Waals surface area (Å²) in [4.78, 5) is 10.3. The van der Waals surface area contributed by atoms with Crippen molar-refractivity contribution in [3.63, 3.8) is 0 Å². The number of carboxylic acid groups (broad SMARTS) is 1. The molecule has 1 rings (SSSR count). The van der Waals surface area contributed by atoms with Gasteiger partial charge < -0.3 is 5.11 Å². The average Bonchev–Trinajstić information content (AvgIpc) is 2.30. The third-order valence-corrected chi connectivity index (χ3v) is 2.30. The lowest BCUT2D eigenvalue weighted by Crippen LogP contribution is -2.09. The van der Waals surface area contributed by atoms with Gasteiger partial charge in [-0.15, -0.1) is 0 Å². The highest BCUT2D eigenvalue weighted by Gasteiger charge is 2.26. The first-order chi connectivity index (χ1) is 8.38. The number of benzene rings is 1. The van der Waals surface area contributed by atoms with Crippen LogP contribution in [0.15, 0.2) is 6.07 Å². The van der Waals surface area contributed by atoms with Crippen molar-refractivity contribution in [3.05, 3.63) is 34.9 Å². The minimum absolute atomic E-state index is 0.0276. The monoisotopic (exact) mass is 261 g/mol. The number of carbonyl (C=O) groups is 1. The van der Waals surface area contributed by atoms with E-state index in [9.17, 15) is 22.4 Å². The third-order valence-electron chi connectivity index (χ3n) is 2.30. The van der Waals surface area contributed by atoms with Crippen molar-refractivity contribution in [2.45, 2.75) is 18.8 Å². The molecule has 0 fully saturated rings. The van der Waals surface area contributed by atoms with Crippen molar-refractivity contribution < 1.29 is 27.5 Å². The van der Waals surface area contributed by atoms with Crippen LogP contribution < -0.4 is 0 Å². The number of nitrogens with zero attached hydrogens (tertiary/aromatic N) is 1. The SMILES string of the molecule is N#CC(CCC(=O)O)c1c(F)c(F)cc(F)c1F. The second-order valence-electron chi connectivity index (χ2n) is 3.50. The van der Waals surface area contributed by atoms with E-state index >= 15 is 0 Å². The average molecular weight is 261 g/mol. The molecule has 0 amide bonds. The highest BCUT2D eigenvalue weighted by atomic mass is 19.2. The van der Waals surface area contributed by atoms with Gasteiger partial charge in [0.15, 0.2) is 23.3 Å². The molecule has 18 heavy (non-hydrogen) atoms. The Morgan fingerprint density at radius 3 is 2.17 bits per heavy atom. The Kier molecular flexibility index (Phi) is 4.26. The van der Waals surface area contributed by atoms with Crippen LogP contribution in [0.3, 0.4) is 0 Å². The molecule has 0 aliphatic rings. The van der Waals surface area contributed by atoms with Crippen LogP contribution in [0.5, 0.6) is 0 Å². The van der Waals surface area contributed by atoms with E-state index in [2.05, 4.69) is 0 Å². The van der Waals surface area contributed by atoms with Gasteiger partial charge in [0.2, 0.25) is 0 Å². The van der Waals surface area contributed by atoms with E-state index in [1.165, 1.54) is 6.07 Å². The van der Waals surface area contributed by atoms with E-state index in [0.717, 1.165) is 0 Å². The van der Waals surface area contributed by atoms with Crippen molar-refractivity contribution in [1.29, 1.82) is 5.26 Å². The number of carboxylic acids is 1. The smallest absolute Gasteiger partial charge is 0.303 e. The first-order valence-corrected chi connectivity index (χ1v) is 4.82. The Labute approximate surface area is 99.3 Å². The highest BCUT2D eigenvalue weighted by Crippen LogP contribution is 2.29. The van der Waals surface area contributed by atoms with E-state index < -0.39 is 53.6 Å². The number of aliphatic carboxylic acids is 1. The van der Waals surface area contributed by atoms with E-state index in [-0.39, 0.29) is 6.07 Å². The molecule has 0 radical (unpaired) electrons. The van der Waals surface area contributed by atoms with Crippen LogP contribution >= 0.6 is 0 Å². The molecule has 0 saturated carbocycles. The van der Waals surface area contributed by atoms with Gasteiger partial charge in [-0.25, -0.2) is 17.6 Å². The summed E-state index contributed by atoms with van der Waals surface area (Å²) in [6, 6.07) is 1.46. The van der Waals surface area contributed by atoms with Crippen LogP contribution in [0.2, 0.25) is 0 Å². The molecule has 0 aliphatic heterocycles. The number of hydrogen-bond acceptors (Lipinski definition) is 2. The standard InChI is InChI=1S/C11H7F4NO2/c12-6-3-7(13)11(15)9(10(6)14)5(4-16)1-2-8(17)18/h3,5H,1-2H2,(H,17,18). The molecule has 1 atom stereocenters. The highest BCUT2D eigenvalue weighted by molar-refractivity contribution is 5.66. The number of rotatable bonds is 4. The van der Waals surface area contributed by atoms with Gasteiger partial charge in [-0.1, -0.05) is 0 Å². The lowest BCUT2D eigenvalue weighted by molar-refractivity contribution is -0.137. The van der Waals surface area contributed by atoms with Crippen LogP contribution in [0.1, 0.15) is 24.3 Å². The molecule has 7 heteroatoms. The van der Waals surface area contributed by atoms with Crippen molar-refractivity contribution in [2.75, 3.05) is 0 Å². The first kappa shape index (κ1) is 14.0. The largest absolute Gasteiger partial charge is 0.481 e. The molecule has 96 valence electrons. The van der Waals surface area contributed by atoms with Crippen LogP contribution in [-0.2, 0) is 4.79 Å². The fourth-order valence-electron chi connectivity index (χ4n) is 1.44. The second kappa shape index (κ2) is 5.49. The molecule has 0 bridgehead atoms. The van der Waals surface area contributed by atoms with Crippen LogP contribution in [0.4, 0.5) is 17.6 Å². The minimum atomic E-state index is -1.68. The molecule has 1 aromatic rings. The maximum absolute atomic E-state index is 13.3. The Bertz CT molecular complexity index is 499. The molecule has 0 saturated heterocycles. The van der Waals surface area contributed by atoms with Gasteiger partial charge in [-0.3, -0.25) is 4.79 Å². The molecule has 0 spiro atoms. The third kappa shape index (κ3) is 2.77. The first-order valence-electron chi connectivity index (χ1n) is 4.82. The summed E-state index contributed by atoms with van der Waals surface area (Å²) < 4.78 is 52.5. The van der Waals surface area contributed by atoms with Gasteiger partial charge in [0.25, 0.3) is 0 Å². The van der Waals surface area contributed by atoms with Crippen molar-refractivity contribution >= 4 is 5.97 Å². The molecule has 0 aliphatic carbocycles. The van der Waals surface area contributed by atoms with Gasteiger partial charge in [0.05, 0.1) is 12.0 Å². The summed E-state index contributed by atoms with van der Waals surface area (Å²) in [5.74, 6) is -9.45. The van der Waals surface area contributed by atoms with Gasteiger partial charge >= 0.3 is 5.97 Å². The summed E-state index contributed by atoms with van der Waals surface area (Å²) in [6.45, 7) is 0. The van der Waals surface area contributed by atoms with Crippen molar-refractivity contribution in [1.82, 2.24) is 0 Å². The maximum atomic E-state index is 13.3. The molecule has 0 aromatic heterocycles. The van der Waals surface area contributed by atoms with E-state index in [0.29, 0.717) is 0 Å². The Morgan fingerprint density at radius 2 is 1.78 bits per heavy atom. The van der Waals surface area contributed by atoms with E-state index in [1.54, 1.807) is 0 Å². The Hall–Kier alpha value is -2.10. The lowest BCUT2D eigenvalue weighted by atomic mass is 9.94. The Balaban J connectivity index is 3.21. The molecule has 3 nitrogen and oxygen atoms in total. The zero-order valence-corrected chi connectivity index (χ0v) is 8.88. The van der Waals surface area contributed by atoms with Gasteiger partial charge in [-0.05, 0) is 6.42 Å². The summed E-state index contributed by atoms with van der Waals surface area (Å²) >= 11 is 0. The number of hydrogen-bond donors (Lipinski definition) is 1. The van der Waals surface area contributed by atoms with Gasteiger partial charge in [0, 0.05) is 18.1 Å². The number of halogens is 4. The predicted octanol–water partition coefficient (Wildman–Crippen LogP) is 2.71. The molecule has 1 aromatic carbocycles. The number of nitriles is 1. The topological polar surface area (TPSA) is 61.1 Å². The zero-order valence-electron chi connectivity index (χ0n) is 8.88. The van der Waals surface area contributed by atoms with Crippen LogP contribution in [0.25, 0.3) is 0 Å². The molecule has 1 N–H and O–H groups in total. The fraction of sp³-hybridized carbons (Fsp3) is 0.273. The summed E-state index contributed by atoms with van der Waals surface area (Å²) in [7, 11) is 0. The maximum Gasteiger partial charge on any atom is 0.303 e. The molecular weight excluding hydrogens is 254 g/mol. The van der Waals surface area contributed by atoms with Gasteiger partial charge in [0.1, 0.15) is 0 Å². The predicted molar refractivity (Wildman–Crippen MR) is 51.5 cm³/mol. The fourth-order valence-corrected chi connectivity index (χ4v) is 1.44. The zero-order chi connectivity index (χ0) is 13.9. The molecule has 1 unspecified atom stereocenters. The van der Waals surface area contributed by atoms with Crippen molar-refractivity contribution in [2.24, 2.45) is 0 Å². The quantitative estimate of drug-likeness (QED) is 0.669. The summed E-state index contributed by atoms with van der Waals surface area (Å²) in [6.07, 6.45) is -0.988. The Morgan fingerprint density at radius 1 is 1.28 bits per heavy atom. The molecular formula is C11H7F4NO2. The summed E-state index contributed by atoms with van der Waals surface area (Å²) in [5.41, 5.74) is -1.07. The normalized spacial score (nSPS) is 11.9. The van der Waals surface area contributed by atoms with Gasteiger partial charge in [-0.2, -0.15) is 5.26 Å². The molecule has 0 heterocycles. The lowest BCUT2D eigenvalue weighted by Gasteiger charge is -2.11. The van der Waals surface area contributed by atoms with E-state index in [1.807, 2.05) is 0 Å². The van der Waals surface area contributed by atoms with Crippen LogP contribution in [0, 0.1) is 34.6 Å². The minimum Gasteiger partial charge on any atom is -0.481 e. The summed E-state index contributed by atoms with van der Waals surface area (Å²) in [5, 5.41) is 17.1.